The first kappa shape index (κ1) is 13.2. The van der Waals surface area contributed by atoms with Gasteiger partial charge in [0.25, 0.3) is 0 Å². The molecule has 0 aliphatic rings. The molecule has 1 heteroatoms. The smallest absolute Gasteiger partial charge is 0.0491 e. The molecule has 1 unspecified atom stereocenters. The van der Waals surface area contributed by atoms with Crippen LogP contribution in [0.2, 0.25) is 0 Å². The first-order valence-corrected chi connectivity index (χ1v) is 5.36. The lowest BCUT2D eigenvalue weighted by Gasteiger charge is -2.09. The quantitative estimate of drug-likeness (QED) is 0.712. The summed E-state index contributed by atoms with van der Waals surface area (Å²) in [7, 11) is 1.75. The van der Waals surface area contributed by atoms with E-state index < -0.39 is 0 Å². The van der Waals surface area contributed by atoms with Crippen molar-refractivity contribution in [2.45, 2.75) is 27.2 Å². The van der Waals surface area contributed by atoms with E-state index >= 15 is 0 Å². The molecular formula is C13H22O. The van der Waals surface area contributed by atoms with Crippen LogP contribution in [-0.2, 0) is 11.2 Å². The van der Waals surface area contributed by atoms with Gasteiger partial charge in [-0.15, -0.1) is 0 Å². The molecule has 1 atom stereocenters. The highest BCUT2D eigenvalue weighted by atomic mass is 16.5. The number of rotatable bonds is 4. The van der Waals surface area contributed by atoms with Gasteiger partial charge in [-0.1, -0.05) is 51.1 Å². The molecule has 1 nitrogen and oxygen atoms in total. The lowest BCUT2D eigenvalue weighted by atomic mass is 10.0. The maximum absolute atomic E-state index is 5.08. The van der Waals surface area contributed by atoms with Gasteiger partial charge in [0.1, 0.15) is 0 Å². The second-order valence-corrected chi connectivity index (χ2v) is 3.25. The third-order valence-corrected chi connectivity index (χ3v) is 1.88. The van der Waals surface area contributed by atoms with Crippen molar-refractivity contribution in [3.8, 4) is 0 Å². The third kappa shape index (κ3) is 5.76. The molecule has 1 aromatic rings. The Balaban J connectivity index is 0.000000791. The predicted octanol–water partition coefficient (Wildman–Crippen LogP) is 3.54. The molecule has 1 aromatic carbocycles. The van der Waals surface area contributed by atoms with Crippen LogP contribution in [0.1, 0.15) is 26.3 Å². The number of hydrogen-bond donors (Lipinski definition) is 0. The second-order valence-electron chi connectivity index (χ2n) is 3.25. The Morgan fingerprint density at radius 1 is 1.14 bits per heavy atom. The topological polar surface area (TPSA) is 9.23 Å². The Morgan fingerprint density at radius 3 is 2.21 bits per heavy atom. The summed E-state index contributed by atoms with van der Waals surface area (Å²) in [6, 6.07) is 10.5. The fourth-order valence-electron chi connectivity index (χ4n) is 1.36. The maximum Gasteiger partial charge on any atom is 0.0491 e. The standard InChI is InChI=1S/C11H16O.C2H6/c1-10(9-12-2)8-11-6-4-3-5-7-11;1-2/h3-7,10H,8-9H2,1-2H3;1-2H3. The zero-order valence-corrected chi connectivity index (χ0v) is 9.79. The molecule has 0 aromatic heterocycles. The van der Waals surface area contributed by atoms with Crippen LogP contribution in [0.5, 0.6) is 0 Å². The van der Waals surface area contributed by atoms with Crippen LogP contribution in [-0.4, -0.2) is 13.7 Å². The van der Waals surface area contributed by atoms with E-state index in [9.17, 15) is 0 Å². The summed E-state index contributed by atoms with van der Waals surface area (Å²) in [5.74, 6) is 0.609. The molecule has 0 saturated carbocycles. The van der Waals surface area contributed by atoms with Crippen molar-refractivity contribution in [3.63, 3.8) is 0 Å². The van der Waals surface area contributed by atoms with Gasteiger partial charge in [-0.2, -0.15) is 0 Å². The lowest BCUT2D eigenvalue weighted by Crippen LogP contribution is -2.06. The van der Waals surface area contributed by atoms with Crippen molar-refractivity contribution in [1.82, 2.24) is 0 Å². The number of methoxy groups -OCH3 is 1. The summed E-state index contributed by atoms with van der Waals surface area (Å²) >= 11 is 0. The minimum absolute atomic E-state index is 0.609. The van der Waals surface area contributed by atoms with Crippen LogP contribution in [0.4, 0.5) is 0 Å². The molecule has 0 N–H and O–H groups in total. The van der Waals surface area contributed by atoms with Gasteiger partial charge in [0.2, 0.25) is 0 Å². The molecule has 0 heterocycles. The Hall–Kier alpha value is -0.820. The van der Waals surface area contributed by atoms with Gasteiger partial charge in [0, 0.05) is 13.7 Å². The molecule has 0 spiro atoms. The zero-order chi connectivity index (χ0) is 10.8. The van der Waals surface area contributed by atoms with E-state index in [1.54, 1.807) is 7.11 Å². The monoisotopic (exact) mass is 194 g/mol. The van der Waals surface area contributed by atoms with Gasteiger partial charge in [0.15, 0.2) is 0 Å². The molecule has 0 fully saturated rings. The molecule has 0 aliphatic heterocycles. The summed E-state index contributed by atoms with van der Waals surface area (Å²) in [4.78, 5) is 0. The van der Waals surface area contributed by atoms with Crippen molar-refractivity contribution in [1.29, 1.82) is 0 Å². The summed E-state index contributed by atoms with van der Waals surface area (Å²) < 4.78 is 5.08. The summed E-state index contributed by atoms with van der Waals surface area (Å²) in [6.07, 6.45) is 1.11. The number of hydrogen-bond acceptors (Lipinski definition) is 1. The highest BCUT2D eigenvalue weighted by molar-refractivity contribution is 5.14. The van der Waals surface area contributed by atoms with Crippen LogP contribution in [0.25, 0.3) is 0 Å². The van der Waals surface area contributed by atoms with Gasteiger partial charge in [-0.05, 0) is 17.9 Å². The molecule has 1 rings (SSSR count). The van der Waals surface area contributed by atoms with E-state index in [0.29, 0.717) is 5.92 Å². The highest BCUT2D eigenvalue weighted by Crippen LogP contribution is 2.07. The first-order chi connectivity index (χ1) is 6.83. The fourth-order valence-corrected chi connectivity index (χ4v) is 1.36. The SMILES string of the molecule is CC.COCC(C)Cc1ccccc1. The van der Waals surface area contributed by atoms with Crippen LogP contribution in [0.15, 0.2) is 30.3 Å². The average Bonchev–Trinajstić information content (AvgIpc) is 2.22. The van der Waals surface area contributed by atoms with Crippen molar-refractivity contribution >= 4 is 0 Å². The minimum Gasteiger partial charge on any atom is -0.384 e. The molecule has 0 amide bonds. The first-order valence-electron chi connectivity index (χ1n) is 5.36. The van der Waals surface area contributed by atoms with Gasteiger partial charge < -0.3 is 4.74 Å². The van der Waals surface area contributed by atoms with Crippen molar-refractivity contribution < 1.29 is 4.74 Å². The van der Waals surface area contributed by atoms with Crippen molar-refractivity contribution in [2.24, 2.45) is 5.92 Å². The van der Waals surface area contributed by atoms with Crippen molar-refractivity contribution in [2.75, 3.05) is 13.7 Å². The third-order valence-electron chi connectivity index (χ3n) is 1.88. The van der Waals surface area contributed by atoms with E-state index in [0.717, 1.165) is 13.0 Å². The summed E-state index contributed by atoms with van der Waals surface area (Å²) in [5, 5.41) is 0. The summed E-state index contributed by atoms with van der Waals surface area (Å²) in [5.41, 5.74) is 1.39. The molecule has 0 aliphatic carbocycles. The van der Waals surface area contributed by atoms with E-state index in [1.807, 2.05) is 19.9 Å². The maximum atomic E-state index is 5.08. The Bertz CT molecular complexity index is 206. The number of benzene rings is 1. The lowest BCUT2D eigenvalue weighted by molar-refractivity contribution is 0.159. The average molecular weight is 194 g/mol. The van der Waals surface area contributed by atoms with Crippen LogP contribution in [0, 0.1) is 5.92 Å². The van der Waals surface area contributed by atoms with Crippen LogP contribution >= 0.6 is 0 Å². The normalized spacial score (nSPS) is 11.4. The van der Waals surface area contributed by atoms with Crippen molar-refractivity contribution in [3.05, 3.63) is 35.9 Å². The largest absolute Gasteiger partial charge is 0.384 e. The Kier molecular flexibility index (Phi) is 8.25. The zero-order valence-electron chi connectivity index (χ0n) is 9.79. The second kappa shape index (κ2) is 8.76. The van der Waals surface area contributed by atoms with E-state index in [1.165, 1.54) is 5.56 Å². The van der Waals surface area contributed by atoms with E-state index in [2.05, 4.69) is 31.2 Å². The summed E-state index contributed by atoms with van der Waals surface area (Å²) in [6.45, 7) is 7.05. The van der Waals surface area contributed by atoms with Gasteiger partial charge in [-0.25, -0.2) is 0 Å². The Labute approximate surface area is 88.1 Å². The molecule has 0 bridgehead atoms. The minimum atomic E-state index is 0.609. The Morgan fingerprint density at radius 2 is 1.71 bits per heavy atom. The van der Waals surface area contributed by atoms with Crippen LogP contribution < -0.4 is 0 Å². The molecule has 14 heavy (non-hydrogen) atoms. The van der Waals surface area contributed by atoms with Gasteiger partial charge in [-0.3, -0.25) is 0 Å². The predicted molar refractivity (Wildman–Crippen MR) is 62.5 cm³/mol. The van der Waals surface area contributed by atoms with Gasteiger partial charge in [0.05, 0.1) is 0 Å². The van der Waals surface area contributed by atoms with Crippen LogP contribution in [0.3, 0.4) is 0 Å². The molecular weight excluding hydrogens is 172 g/mol. The molecule has 0 saturated heterocycles. The highest BCUT2D eigenvalue weighted by Gasteiger charge is 2.01. The number of ether oxygens (including phenoxy) is 1. The molecule has 80 valence electrons. The fraction of sp³-hybridized carbons (Fsp3) is 0.538. The van der Waals surface area contributed by atoms with E-state index in [4.69, 9.17) is 4.74 Å². The van der Waals surface area contributed by atoms with E-state index in [-0.39, 0.29) is 0 Å². The molecule has 0 radical (unpaired) electrons. The van der Waals surface area contributed by atoms with Gasteiger partial charge >= 0.3 is 0 Å².